The molecule has 4 nitrogen and oxygen atoms in total. The number of hydrogen-bond acceptors (Lipinski definition) is 3. The topological polar surface area (TPSA) is 49.8 Å². The van der Waals surface area contributed by atoms with E-state index in [1.54, 1.807) is 0 Å². The van der Waals surface area contributed by atoms with Crippen LogP contribution in [0.25, 0.3) is 0 Å². The van der Waals surface area contributed by atoms with Gasteiger partial charge in [0.2, 0.25) is 0 Å². The summed E-state index contributed by atoms with van der Waals surface area (Å²) in [6, 6.07) is -0.484. The van der Waals surface area contributed by atoms with Crippen molar-refractivity contribution in [1.82, 2.24) is 4.90 Å². The largest absolute Gasteiger partial charge is 0.480 e. The van der Waals surface area contributed by atoms with Crippen LogP contribution in [0.2, 0.25) is 0 Å². The molecule has 14 heavy (non-hydrogen) atoms. The molecule has 0 radical (unpaired) electrons. The van der Waals surface area contributed by atoms with Gasteiger partial charge in [0, 0.05) is 13.7 Å². The van der Waals surface area contributed by atoms with Crippen LogP contribution in [0.15, 0.2) is 0 Å². The summed E-state index contributed by atoms with van der Waals surface area (Å²) in [6.45, 7) is 6.30. The van der Waals surface area contributed by atoms with Gasteiger partial charge in [0.15, 0.2) is 0 Å². The predicted octanol–water partition coefficient (Wildman–Crippen LogP) is 0.818. The van der Waals surface area contributed by atoms with Crippen LogP contribution in [0.4, 0.5) is 0 Å². The van der Waals surface area contributed by atoms with E-state index in [4.69, 9.17) is 9.84 Å². The van der Waals surface area contributed by atoms with Gasteiger partial charge in [-0.3, -0.25) is 9.69 Å². The number of carbonyl (C=O) groups is 1. The highest BCUT2D eigenvalue weighted by Crippen LogP contribution is 2.30. The van der Waals surface area contributed by atoms with E-state index in [9.17, 15) is 4.79 Å². The summed E-state index contributed by atoms with van der Waals surface area (Å²) in [5, 5.41) is 9.01. The third kappa shape index (κ3) is 2.69. The first-order chi connectivity index (χ1) is 6.46. The van der Waals surface area contributed by atoms with Crippen LogP contribution < -0.4 is 0 Å². The van der Waals surface area contributed by atoms with E-state index in [0.29, 0.717) is 0 Å². The molecule has 82 valence electrons. The van der Waals surface area contributed by atoms with Crippen LogP contribution >= 0.6 is 0 Å². The second-order valence-corrected chi connectivity index (χ2v) is 4.69. The lowest BCUT2D eigenvalue weighted by molar-refractivity contribution is -0.145. The number of rotatable bonds is 4. The van der Waals surface area contributed by atoms with Crippen molar-refractivity contribution < 1.29 is 14.6 Å². The molecule has 4 heteroatoms. The Morgan fingerprint density at radius 3 is 2.64 bits per heavy atom. The average Bonchev–Trinajstić information content (AvgIpc) is 2.41. The number of nitrogens with zero attached hydrogens (tertiary/aromatic N) is 1. The van der Waals surface area contributed by atoms with Gasteiger partial charge < -0.3 is 9.84 Å². The summed E-state index contributed by atoms with van der Waals surface area (Å²) in [5.41, 5.74) is 0.238. The average molecular weight is 201 g/mol. The molecule has 1 aliphatic heterocycles. The molecule has 1 fully saturated rings. The van der Waals surface area contributed by atoms with E-state index in [1.165, 1.54) is 7.11 Å². The smallest absolute Gasteiger partial charge is 0.323 e. The van der Waals surface area contributed by atoms with Gasteiger partial charge in [-0.15, -0.1) is 0 Å². The maximum atomic E-state index is 11.0. The Kier molecular flexibility index (Phi) is 3.50. The molecule has 0 amide bonds. The SMILES string of the molecule is COCC(C(=O)O)N1CCC(C)(C)C1. The minimum atomic E-state index is -0.787. The van der Waals surface area contributed by atoms with Crippen LogP contribution in [0, 0.1) is 5.41 Å². The summed E-state index contributed by atoms with van der Waals surface area (Å²) in [4.78, 5) is 13.0. The lowest BCUT2D eigenvalue weighted by atomic mass is 9.93. The van der Waals surface area contributed by atoms with Crippen LogP contribution in [0.5, 0.6) is 0 Å². The van der Waals surface area contributed by atoms with Crippen LogP contribution in [-0.2, 0) is 9.53 Å². The van der Waals surface area contributed by atoms with E-state index >= 15 is 0 Å². The van der Waals surface area contributed by atoms with Crippen molar-refractivity contribution in [2.45, 2.75) is 26.3 Å². The number of carboxylic acid groups (broad SMARTS) is 1. The number of aliphatic carboxylic acids is 1. The fourth-order valence-electron chi connectivity index (χ4n) is 1.91. The van der Waals surface area contributed by atoms with E-state index in [2.05, 4.69) is 13.8 Å². The second-order valence-electron chi connectivity index (χ2n) is 4.69. The maximum Gasteiger partial charge on any atom is 0.323 e. The molecule has 0 aromatic heterocycles. The Labute approximate surface area is 84.8 Å². The molecule has 0 spiro atoms. The van der Waals surface area contributed by atoms with Crippen molar-refractivity contribution in [2.75, 3.05) is 26.8 Å². The monoisotopic (exact) mass is 201 g/mol. The lowest BCUT2D eigenvalue weighted by Gasteiger charge is -2.25. The molecule has 1 unspecified atom stereocenters. The lowest BCUT2D eigenvalue weighted by Crippen LogP contribution is -2.43. The first kappa shape index (κ1) is 11.5. The summed E-state index contributed by atoms with van der Waals surface area (Å²) in [6.07, 6.45) is 1.06. The van der Waals surface area contributed by atoms with E-state index < -0.39 is 12.0 Å². The molecule has 1 atom stereocenters. The zero-order valence-electron chi connectivity index (χ0n) is 9.12. The van der Waals surface area contributed by atoms with Gasteiger partial charge in [0.25, 0.3) is 0 Å². The highest BCUT2D eigenvalue weighted by atomic mass is 16.5. The fourth-order valence-corrected chi connectivity index (χ4v) is 1.91. The molecule has 0 saturated carbocycles. The van der Waals surface area contributed by atoms with Gasteiger partial charge in [0.05, 0.1) is 6.61 Å². The molecule has 0 aromatic carbocycles. The van der Waals surface area contributed by atoms with Gasteiger partial charge in [-0.1, -0.05) is 13.8 Å². The van der Waals surface area contributed by atoms with Gasteiger partial charge in [0.1, 0.15) is 6.04 Å². The van der Waals surface area contributed by atoms with E-state index in [0.717, 1.165) is 19.5 Å². The number of carboxylic acids is 1. The van der Waals surface area contributed by atoms with Gasteiger partial charge >= 0.3 is 5.97 Å². The first-order valence-corrected chi connectivity index (χ1v) is 4.92. The van der Waals surface area contributed by atoms with Crippen molar-refractivity contribution in [3.8, 4) is 0 Å². The molecular formula is C10H19NO3. The molecule has 1 rings (SSSR count). The maximum absolute atomic E-state index is 11.0. The molecule has 0 aliphatic carbocycles. The van der Waals surface area contributed by atoms with Crippen molar-refractivity contribution in [2.24, 2.45) is 5.41 Å². The standard InChI is InChI=1S/C10H19NO3/c1-10(2)4-5-11(7-10)8(6-14-3)9(12)13/h8H,4-7H2,1-3H3,(H,12,13). The Balaban J connectivity index is 2.58. The minimum absolute atomic E-state index is 0.238. The highest BCUT2D eigenvalue weighted by Gasteiger charge is 2.36. The Hall–Kier alpha value is -0.610. The number of hydrogen-bond donors (Lipinski definition) is 1. The van der Waals surface area contributed by atoms with Crippen LogP contribution in [0.3, 0.4) is 0 Å². The normalized spacial score (nSPS) is 23.6. The Morgan fingerprint density at radius 2 is 2.29 bits per heavy atom. The van der Waals surface area contributed by atoms with Crippen molar-refractivity contribution in [1.29, 1.82) is 0 Å². The summed E-state index contributed by atoms with van der Waals surface area (Å²) < 4.78 is 4.92. The zero-order valence-corrected chi connectivity index (χ0v) is 9.12. The van der Waals surface area contributed by atoms with Crippen molar-refractivity contribution >= 4 is 5.97 Å². The van der Waals surface area contributed by atoms with Crippen molar-refractivity contribution in [3.63, 3.8) is 0 Å². The third-order valence-corrected chi connectivity index (χ3v) is 2.76. The molecule has 1 aliphatic rings. The predicted molar refractivity (Wildman–Crippen MR) is 53.3 cm³/mol. The number of methoxy groups -OCH3 is 1. The quantitative estimate of drug-likeness (QED) is 0.731. The number of ether oxygens (including phenoxy) is 1. The van der Waals surface area contributed by atoms with Crippen LogP contribution in [0.1, 0.15) is 20.3 Å². The zero-order chi connectivity index (χ0) is 10.8. The Bertz CT molecular complexity index is 215. The molecule has 1 heterocycles. The second kappa shape index (κ2) is 4.28. The molecular weight excluding hydrogens is 182 g/mol. The number of likely N-dealkylation sites (tertiary alicyclic amines) is 1. The molecule has 1 saturated heterocycles. The van der Waals surface area contributed by atoms with Gasteiger partial charge in [-0.05, 0) is 18.4 Å². The first-order valence-electron chi connectivity index (χ1n) is 4.92. The Morgan fingerprint density at radius 1 is 1.64 bits per heavy atom. The summed E-state index contributed by atoms with van der Waals surface area (Å²) >= 11 is 0. The highest BCUT2D eigenvalue weighted by molar-refractivity contribution is 5.73. The minimum Gasteiger partial charge on any atom is -0.480 e. The third-order valence-electron chi connectivity index (χ3n) is 2.76. The fraction of sp³-hybridized carbons (Fsp3) is 0.900. The van der Waals surface area contributed by atoms with E-state index in [1.807, 2.05) is 4.90 Å². The molecule has 0 bridgehead atoms. The van der Waals surface area contributed by atoms with Crippen molar-refractivity contribution in [3.05, 3.63) is 0 Å². The summed E-state index contributed by atoms with van der Waals surface area (Å²) in [7, 11) is 1.54. The van der Waals surface area contributed by atoms with E-state index in [-0.39, 0.29) is 12.0 Å². The van der Waals surface area contributed by atoms with Crippen LogP contribution in [-0.4, -0.2) is 48.8 Å². The molecule has 0 aromatic rings. The molecule has 1 N–H and O–H groups in total. The van der Waals surface area contributed by atoms with Gasteiger partial charge in [-0.2, -0.15) is 0 Å². The summed E-state index contributed by atoms with van der Waals surface area (Å²) in [5.74, 6) is -0.787. The van der Waals surface area contributed by atoms with Gasteiger partial charge in [-0.25, -0.2) is 0 Å².